The van der Waals surface area contributed by atoms with Crippen LogP contribution in [0.25, 0.3) is 0 Å². The minimum atomic E-state index is 0.484. The molecule has 0 radical (unpaired) electrons. The zero-order chi connectivity index (χ0) is 17.2. The summed E-state index contributed by atoms with van der Waals surface area (Å²) in [7, 11) is 3.29. The standard InChI is InChI=1S/C18H24N4O2/c1-4-19-18(21-12-14-8-5-6-10-16(14)23-2)22-13-15-9-7-11-20-17(15)24-3/h5-11H,4,12-13H2,1-3H3,(H2,19,21,22). The fourth-order valence-electron chi connectivity index (χ4n) is 2.26. The number of ether oxygens (including phenoxy) is 2. The Bertz CT molecular complexity index is 674. The van der Waals surface area contributed by atoms with Crippen molar-refractivity contribution < 1.29 is 9.47 Å². The predicted molar refractivity (Wildman–Crippen MR) is 95.4 cm³/mol. The predicted octanol–water partition coefficient (Wildman–Crippen LogP) is 2.35. The van der Waals surface area contributed by atoms with Crippen molar-refractivity contribution in [1.29, 1.82) is 0 Å². The van der Waals surface area contributed by atoms with Crippen molar-refractivity contribution in [3.63, 3.8) is 0 Å². The van der Waals surface area contributed by atoms with Gasteiger partial charge in [-0.15, -0.1) is 0 Å². The Morgan fingerprint density at radius 3 is 2.58 bits per heavy atom. The largest absolute Gasteiger partial charge is 0.496 e. The zero-order valence-electron chi connectivity index (χ0n) is 14.4. The number of aromatic nitrogens is 1. The number of methoxy groups -OCH3 is 2. The monoisotopic (exact) mass is 328 g/mol. The van der Waals surface area contributed by atoms with Gasteiger partial charge in [0.15, 0.2) is 5.96 Å². The van der Waals surface area contributed by atoms with E-state index in [0.717, 1.165) is 29.4 Å². The van der Waals surface area contributed by atoms with Crippen LogP contribution in [0.4, 0.5) is 0 Å². The molecule has 0 aliphatic rings. The molecule has 1 aromatic carbocycles. The molecule has 0 aliphatic carbocycles. The smallest absolute Gasteiger partial charge is 0.218 e. The van der Waals surface area contributed by atoms with Gasteiger partial charge in [0.25, 0.3) is 0 Å². The summed E-state index contributed by atoms with van der Waals surface area (Å²) in [5.74, 6) is 2.19. The highest BCUT2D eigenvalue weighted by atomic mass is 16.5. The van der Waals surface area contributed by atoms with Crippen LogP contribution in [0.3, 0.4) is 0 Å². The van der Waals surface area contributed by atoms with Gasteiger partial charge in [0.1, 0.15) is 5.75 Å². The van der Waals surface area contributed by atoms with Crippen molar-refractivity contribution in [3.8, 4) is 11.6 Å². The summed E-state index contributed by atoms with van der Waals surface area (Å²) in [6.07, 6.45) is 1.71. The van der Waals surface area contributed by atoms with Gasteiger partial charge >= 0.3 is 0 Å². The molecule has 2 rings (SSSR count). The second kappa shape index (κ2) is 9.39. The van der Waals surface area contributed by atoms with Gasteiger partial charge in [-0.1, -0.05) is 24.3 Å². The first-order valence-electron chi connectivity index (χ1n) is 7.90. The number of hydrogen-bond acceptors (Lipinski definition) is 4. The van der Waals surface area contributed by atoms with Crippen molar-refractivity contribution in [2.45, 2.75) is 20.0 Å². The quantitative estimate of drug-likeness (QED) is 0.603. The van der Waals surface area contributed by atoms with Crippen LogP contribution in [0.2, 0.25) is 0 Å². The number of nitrogens with zero attached hydrogens (tertiary/aromatic N) is 2. The normalized spacial score (nSPS) is 11.0. The molecule has 24 heavy (non-hydrogen) atoms. The molecular formula is C18H24N4O2. The molecule has 6 heteroatoms. The van der Waals surface area contributed by atoms with Gasteiger partial charge < -0.3 is 20.1 Å². The van der Waals surface area contributed by atoms with Crippen LogP contribution < -0.4 is 20.1 Å². The van der Waals surface area contributed by atoms with Crippen molar-refractivity contribution in [2.24, 2.45) is 4.99 Å². The van der Waals surface area contributed by atoms with E-state index in [1.165, 1.54) is 0 Å². The Balaban J connectivity index is 2.05. The van der Waals surface area contributed by atoms with Gasteiger partial charge in [-0.05, 0) is 19.1 Å². The van der Waals surface area contributed by atoms with E-state index in [-0.39, 0.29) is 0 Å². The minimum absolute atomic E-state index is 0.484. The summed E-state index contributed by atoms with van der Waals surface area (Å²) in [4.78, 5) is 8.79. The second-order valence-corrected chi connectivity index (χ2v) is 5.03. The molecule has 1 heterocycles. The van der Waals surface area contributed by atoms with Gasteiger partial charge in [0, 0.05) is 30.4 Å². The van der Waals surface area contributed by atoms with Crippen molar-refractivity contribution in [3.05, 3.63) is 53.7 Å². The molecule has 0 fully saturated rings. The van der Waals surface area contributed by atoms with Crippen LogP contribution >= 0.6 is 0 Å². The highest BCUT2D eigenvalue weighted by molar-refractivity contribution is 5.79. The third-order valence-corrected chi connectivity index (χ3v) is 3.43. The van der Waals surface area contributed by atoms with E-state index >= 15 is 0 Å². The SMILES string of the molecule is CCNC(=NCc1cccnc1OC)NCc1ccccc1OC. The van der Waals surface area contributed by atoms with E-state index in [1.807, 2.05) is 43.3 Å². The molecule has 2 N–H and O–H groups in total. The van der Waals surface area contributed by atoms with E-state index in [9.17, 15) is 0 Å². The number of hydrogen-bond donors (Lipinski definition) is 2. The molecule has 0 spiro atoms. The molecule has 2 aromatic rings. The summed E-state index contributed by atoms with van der Waals surface area (Å²) < 4.78 is 10.6. The van der Waals surface area contributed by atoms with Crippen LogP contribution in [0, 0.1) is 0 Å². The summed E-state index contributed by atoms with van der Waals surface area (Å²) in [6.45, 7) is 3.92. The molecule has 0 saturated heterocycles. The molecule has 128 valence electrons. The third-order valence-electron chi connectivity index (χ3n) is 3.43. The lowest BCUT2D eigenvalue weighted by Crippen LogP contribution is -2.36. The van der Waals surface area contributed by atoms with Crippen molar-refractivity contribution in [2.75, 3.05) is 20.8 Å². The molecule has 0 aliphatic heterocycles. The minimum Gasteiger partial charge on any atom is -0.496 e. The number of para-hydroxylation sites is 1. The Morgan fingerprint density at radius 1 is 1.04 bits per heavy atom. The van der Waals surface area contributed by atoms with Crippen molar-refractivity contribution >= 4 is 5.96 Å². The first-order chi connectivity index (χ1) is 11.8. The fourth-order valence-corrected chi connectivity index (χ4v) is 2.26. The summed E-state index contributed by atoms with van der Waals surface area (Å²) >= 11 is 0. The highest BCUT2D eigenvalue weighted by Gasteiger charge is 2.05. The van der Waals surface area contributed by atoms with Crippen LogP contribution in [0.1, 0.15) is 18.1 Å². The van der Waals surface area contributed by atoms with E-state index in [1.54, 1.807) is 20.4 Å². The maximum Gasteiger partial charge on any atom is 0.218 e. The molecule has 0 unspecified atom stereocenters. The maximum atomic E-state index is 5.37. The lowest BCUT2D eigenvalue weighted by Gasteiger charge is -2.13. The van der Waals surface area contributed by atoms with E-state index in [0.29, 0.717) is 19.0 Å². The van der Waals surface area contributed by atoms with Gasteiger partial charge in [-0.2, -0.15) is 0 Å². The van der Waals surface area contributed by atoms with Crippen LogP contribution in [-0.4, -0.2) is 31.7 Å². The highest BCUT2D eigenvalue weighted by Crippen LogP contribution is 2.17. The topological polar surface area (TPSA) is 67.8 Å². The fraction of sp³-hybridized carbons (Fsp3) is 0.333. The van der Waals surface area contributed by atoms with Crippen molar-refractivity contribution in [1.82, 2.24) is 15.6 Å². The first-order valence-corrected chi connectivity index (χ1v) is 7.90. The molecule has 0 bridgehead atoms. The summed E-state index contributed by atoms with van der Waals surface area (Å²) in [6, 6.07) is 11.8. The number of benzene rings is 1. The third kappa shape index (κ3) is 4.87. The Hall–Kier alpha value is -2.76. The van der Waals surface area contributed by atoms with Gasteiger partial charge in [0.05, 0.1) is 20.8 Å². The Morgan fingerprint density at radius 2 is 1.83 bits per heavy atom. The Labute approximate surface area is 142 Å². The van der Waals surface area contributed by atoms with Crippen LogP contribution in [0.15, 0.2) is 47.6 Å². The summed E-state index contributed by atoms with van der Waals surface area (Å²) in [5, 5.41) is 6.55. The van der Waals surface area contributed by atoms with Crippen LogP contribution in [-0.2, 0) is 13.1 Å². The number of guanidine groups is 1. The summed E-state index contributed by atoms with van der Waals surface area (Å²) in [5.41, 5.74) is 2.01. The zero-order valence-corrected chi connectivity index (χ0v) is 14.4. The van der Waals surface area contributed by atoms with E-state index < -0.39 is 0 Å². The van der Waals surface area contributed by atoms with E-state index in [4.69, 9.17) is 9.47 Å². The first kappa shape index (κ1) is 17.6. The number of rotatable bonds is 7. The average molecular weight is 328 g/mol. The number of nitrogens with one attached hydrogen (secondary N) is 2. The lowest BCUT2D eigenvalue weighted by atomic mass is 10.2. The van der Waals surface area contributed by atoms with E-state index in [2.05, 4.69) is 20.6 Å². The maximum absolute atomic E-state index is 5.37. The van der Waals surface area contributed by atoms with Gasteiger partial charge in [-0.25, -0.2) is 9.98 Å². The van der Waals surface area contributed by atoms with Crippen LogP contribution in [0.5, 0.6) is 11.6 Å². The second-order valence-electron chi connectivity index (χ2n) is 5.03. The van der Waals surface area contributed by atoms with Gasteiger partial charge in [0.2, 0.25) is 5.88 Å². The Kier molecular flexibility index (Phi) is 6.89. The molecule has 6 nitrogen and oxygen atoms in total. The molecule has 0 saturated carbocycles. The lowest BCUT2D eigenvalue weighted by molar-refractivity contribution is 0.392. The molecule has 0 atom stereocenters. The number of pyridine rings is 1. The molecule has 1 aromatic heterocycles. The molecule has 0 amide bonds. The average Bonchev–Trinajstić information content (AvgIpc) is 2.64. The number of aliphatic imine (C=N–C) groups is 1. The molecular weight excluding hydrogens is 304 g/mol. The van der Waals surface area contributed by atoms with Gasteiger partial charge in [-0.3, -0.25) is 0 Å².